The summed E-state index contributed by atoms with van der Waals surface area (Å²) in [5.41, 5.74) is 2.83. The number of aliphatic hydroxyl groups is 1. The van der Waals surface area contributed by atoms with E-state index in [1.54, 1.807) is 26.4 Å². The number of benzene rings is 2. The summed E-state index contributed by atoms with van der Waals surface area (Å²) in [6, 6.07) is 15.4. The lowest BCUT2D eigenvalue weighted by atomic mass is 9.91. The average molecular weight is 609 g/mol. The molecule has 0 fully saturated rings. The Morgan fingerprint density at radius 3 is 1.75 bits per heavy atom. The Bertz CT molecular complexity index is 1170. The SMILES string of the molecule is C=C[C@H](OC(=O)C[C@@H](OCc1ccc(OC)cc1)[C@@H](C)C=C)[C@H](C)[C@@H](O)/C(C)=C/C[C@H](OCc1ccc(OC)cc1)C(C)C. The van der Waals surface area contributed by atoms with Crippen LogP contribution in [-0.4, -0.2) is 49.7 Å². The maximum Gasteiger partial charge on any atom is 0.309 e. The van der Waals surface area contributed by atoms with Crippen molar-refractivity contribution in [3.8, 4) is 11.5 Å². The van der Waals surface area contributed by atoms with Crippen LogP contribution in [0.4, 0.5) is 0 Å². The summed E-state index contributed by atoms with van der Waals surface area (Å²) in [6.07, 6.45) is 4.10. The lowest BCUT2D eigenvalue weighted by Gasteiger charge is -2.28. The fourth-order valence-corrected chi connectivity index (χ4v) is 4.68. The lowest BCUT2D eigenvalue weighted by molar-refractivity contribution is -0.154. The number of rotatable bonds is 20. The quantitative estimate of drug-likeness (QED) is 0.123. The maximum absolute atomic E-state index is 13.0. The second-order valence-electron chi connectivity index (χ2n) is 11.6. The minimum absolute atomic E-state index is 0.0238. The van der Waals surface area contributed by atoms with E-state index in [1.165, 1.54) is 0 Å². The van der Waals surface area contributed by atoms with Gasteiger partial charge in [0.15, 0.2) is 0 Å². The molecule has 0 radical (unpaired) electrons. The third-order valence-electron chi connectivity index (χ3n) is 7.97. The third kappa shape index (κ3) is 11.9. The van der Waals surface area contributed by atoms with Crippen molar-refractivity contribution in [3.63, 3.8) is 0 Å². The fraction of sp³-hybridized carbons (Fsp3) is 0.486. The Balaban J connectivity index is 1.96. The van der Waals surface area contributed by atoms with Crippen molar-refractivity contribution in [2.45, 2.75) is 85.1 Å². The second-order valence-corrected chi connectivity index (χ2v) is 11.6. The van der Waals surface area contributed by atoms with E-state index in [2.05, 4.69) is 27.0 Å². The van der Waals surface area contributed by atoms with Gasteiger partial charge in [-0.25, -0.2) is 0 Å². The van der Waals surface area contributed by atoms with Crippen LogP contribution in [0.15, 0.2) is 85.5 Å². The van der Waals surface area contributed by atoms with E-state index in [4.69, 9.17) is 23.7 Å². The normalized spacial score (nSPS) is 15.9. The molecule has 44 heavy (non-hydrogen) atoms. The number of ether oxygens (including phenoxy) is 5. The first-order valence-corrected chi connectivity index (χ1v) is 15.3. The van der Waals surface area contributed by atoms with Gasteiger partial charge in [-0.3, -0.25) is 4.79 Å². The maximum atomic E-state index is 13.0. The Morgan fingerprint density at radius 2 is 1.32 bits per heavy atom. The zero-order valence-electron chi connectivity index (χ0n) is 27.5. The van der Waals surface area contributed by atoms with Crippen LogP contribution >= 0.6 is 0 Å². The number of methoxy groups -OCH3 is 2. The van der Waals surface area contributed by atoms with Crippen LogP contribution in [0.2, 0.25) is 0 Å². The van der Waals surface area contributed by atoms with Crippen LogP contribution < -0.4 is 9.47 Å². The molecule has 0 unspecified atom stereocenters. The summed E-state index contributed by atoms with van der Waals surface area (Å²) in [7, 11) is 3.27. The number of aliphatic hydroxyl groups excluding tert-OH is 1. The third-order valence-corrected chi connectivity index (χ3v) is 7.97. The zero-order chi connectivity index (χ0) is 32.6. The van der Waals surface area contributed by atoms with E-state index in [9.17, 15) is 9.90 Å². The molecular weight excluding hydrogens is 556 g/mol. The van der Waals surface area contributed by atoms with Crippen molar-refractivity contribution in [1.82, 2.24) is 0 Å². The predicted octanol–water partition coefficient (Wildman–Crippen LogP) is 7.47. The van der Waals surface area contributed by atoms with Crippen molar-refractivity contribution in [3.05, 3.63) is 96.6 Å². The molecule has 0 aliphatic rings. The predicted molar refractivity (Wildman–Crippen MR) is 176 cm³/mol. The highest BCUT2D eigenvalue weighted by molar-refractivity contribution is 5.70. The van der Waals surface area contributed by atoms with Gasteiger partial charge in [-0.15, -0.1) is 6.58 Å². The zero-order valence-corrected chi connectivity index (χ0v) is 27.5. The Kier molecular flexibility index (Phi) is 16.0. The molecule has 6 atom stereocenters. The largest absolute Gasteiger partial charge is 0.497 e. The van der Waals surface area contributed by atoms with Crippen molar-refractivity contribution >= 4 is 5.97 Å². The number of carbonyl (C=O) groups excluding carboxylic acids is 1. The van der Waals surface area contributed by atoms with Gasteiger partial charge in [0.05, 0.1) is 52.2 Å². The van der Waals surface area contributed by atoms with Crippen molar-refractivity contribution in [2.24, 2.45) is 17.8 Å². The molecule has 2 aromatic rings. The Labute approximate surface area is 264 Å². The molecule has 0 aromatic heterocycles. The number of hydrogen-bond donors (Lipinski definition) is 1. The molecule has 242 valence electrons. The summed E-state index contributed by atoms with van der Waals surface area (Å²) in [5, 5.41) is 11.2. The van der Waals surface area contributed by atoms with Gasteiger partial charge in [-0.2, -0.15) is 0 Å². The second kappa shape index (κ2) is 19.1. The van der Waals surface area contributed by atoms with E-state index in [0.717, 1.165) is 28.2 Å². The van der Waals surface area contributed by atoms with Crippen LogP contribution in [0.25, 0.3) is 0 Å². The first kappa shape index (κ1) is 36.8. The topological polar surface area (TPSA) is 83.5 Å². The van der Waals surface area contributed by atoms with Crippen molar-refractivity contribution in [1.29, 1.82) is 0 Å². The molecular formula is C37H52O7. The van der Waals surface area contributed by atoms with Gasteiger partial charge in [0, 0.05) is 11.8 Å². The van der Waals surface area contributed by atoms with Crippen LogP contribution in [0.3, 0.4) is 0 Å². The Hall–Kier alpha value is -3.39. The number of hydrogen-bond acceptors (Lipinski definition) is 7. The molecule has 0 saturated heterocycles. The standard InChI is InChI=1S/C37H52O7/c1-10-26(5)35(43-24-30-15-19-32(41-9)20-16-30)22-36(38)44-33(11-2)28(7)37(39)27(6)12-21-34(25(3)4)42-23-29-13-17-31(40-8)18-14-29/h10-20,25-26,28,33-35,37,39H,1-2,21-24H2,3-9H3/b27-12+/t26-,28-,33-,34-,35+,37-/m0/s1. The number of esters is 1. The summed E-state index contributed by atoms with van der Waals surface area (Å²) >= 11 is 0. The first-order chi connectivity index (χ1) is 21.0. The molecule has 0 spiro atoms. The van der Waals surface area contributed by atoms with Crippen molar-refractivity contribution < 1.29 is 33.6 Å². The first-order valence-electron chi connectivity index (χ1n) is 15.3. The summed E-state index contributed by atoms with van der Waals surface area (Å²) in [4.78, 5) is 13.0. The molecule has 2 rings (SSSR count). The molecule has 1 N–H and O–H groups in total. The number of carbonyl (C=O) groups is 1. The summed E-state index contributed by atoms with van der Waals surface area (Å²) in [5.74, 6) is 0.965. The van der Waals surface area contributed by atoms with Gasteiger partial charge < -0.3 is 28.8 Å². The van der Waals surface area contributed by atoms with E-state index in [-0.39, 0.29) is 24.4 Å². The van der Waals surface area contributed by atoms with Crippen LogP contribution in [-0.2, 0) is 32.2 Å². The fourth-order valence-electron chi connectivity index (χ4n) is 4.68. The highest BCUT2D eigenvalue weighted by atomic mass is 16.5. The lowest BCUT2D eigenvalue weighted by Crippen LogP contribution is -2.34. The minimum atomic E-state index is -0.825. The molecule has 0 aliphatic carbocycles. The highest BCUT2D eigenvalue weighted by Crippen LogP contribution is 2.24. The molecule has 0 amide bonds. The average Bonchev–Trinajstić information content (AvgIpc) is 3.04. The monoisotopic (exact) mass is 608 g/mol. The van der Waals surface area contributed by atoms with Gasteiger partial charge in [0.1, 0.15) is 17.6 Å². The van der Waals surface area contributed by atoms with Gasteiger partial charge >= 0.3 is 5.97 Å². The Morgan fingerprint density at radius 1 is 0.818 bits per heavy atom. The van der Waals surface area contributed by atoms with Gasteiger partial charge in [-0.1, -0.05) is 76.8 Å². The summed E-state index contributed by atoms with van der Waals surface area (Å²) < 4.78 is 28.6. The minimum Gasteiger partial charge on any atom is -0.497 e. The van der Waals surface area contributed by atoms with Gasteiger partial charge in [-0.05, 0) is 60.2 Å². The van der Waals surface area contributed by atoms with Gasteiger partial charge in [0.25, 0.3) is 0 Å². The highest BCUT2D eigenvalue weighted by Gasteiger charge is 2.28. The molecule has 0 heterocycles. The van der Waals surface area contributed by atoms with E-state index >= 15 is 0 Å². The molecule has 7 heteroatoms. The molecule has 0 saturated carbocycles. The molecule has 0 aliphatic heterocycles. The van der Waals surface area contributed by atoms with Crippen LogP contribution in [0.5, 0.6) is 11.5 Å². The van der Waals surface area contributed by atoms with E-state index < -0.39 is 30.2 Å². The van der Waals surface area contributed by atoms with Crippen LogP contribution in [0.1, 0.15) is 58.6 Å². The molecule has 0 bridgehead atoms. The van der Waals surface area contributed by atoms with E-state index in [0.29, 0.717) is 19.6 Å². The van der Waals surface area contributed by atoms with Crippen LogP contribution in [0, 0.1) is 17.8 Å². The van der Waals surface area contributed by atoms with Gasteiger partial charge in [0.2, 0.25) is 0 Å². The van der Waals surface area contributed by atoms with E-state index in [1.807, 2.05) is 75.4 Å². The molecule has 7 nitrogen and oxygen atoms in total. The smallest absolute Gasteiger partial charge is 0.309 e. The summed E-state index contributed by atoms with van der Waals surface area (Å²) in [6.45, 7) is 18.5. The van der Waals surface area contributed by atoms with Crippen molar-refractivity contribution in [2.75, 3.05) is 14.2 Å². The molecule has 2 aromatic carbocycles.